The van der Waals surface area contributed by atoms with Crippen LogP contribution in [0.15, 0.2) is 6.20 Å². The number of rotatable bonds is 1. The van der Waals surface area contributed by atoms with Crippen molar-refractivity contribution in [3.05, 3.63) is 11.9 Å². The van der Waals surface area contributed by atoms with Crippen molar-refractivity contribution in [3.63, 3.8) is 0 Å². The Morgan fingerprint density at radius 1 is 1.20 bits per heavy atom. The lowest BCUT2D eigenvalue weighted by molar-refractivity contribution is -0.143. The smallest absolute Gasteiger partial charge is 0.225 e. The van der Waals surface area contributed by atoms with Gasteiger partial charge in [0.05, 0.1) is 30.6 Å². The Kier molecular flexibility index (Phi) is 4.34. The average molecular weight is 346 g/mol. The van der Waals surface area contributed by atoms with Crippen LogP contribution in [-0.2, 0) is 16.1 Å². The minimum absolute atomic E-state index is 0.120. The number of carbonyl (C=O) groups excluding carboxylic acids is 1. The highest BCUT2D eigenvalue weighted by atomic mass is 16.5. The van der Waals surface area contributed by atoms with E-state index in [2.05, 4.69) is 36.0 Å². The van der Waals surface area contributed by atoms with E-state index >= 15 is 0 Å². The van der Waals surface area contributed by atoms with Gasteiger partial charge in [0.2, 0.25) is 5.91 Å². The van der Waals surface area contributed by atoms with Crippen molar-refractivity contribution in [2.75, 3.05) is 13.1 Å². The predicted octanol–water partition coefficient (Wildman–Crippen LogP) is 2.80. The van der Waals surface area contributed by atoms with Gasteiger partial charge >= 0.3 is 0 Å². The van der Waals surface area contributed by atoms with E-state index in [1.165, 1.54) is 12.8 Å². The van der Waals surface area contributed by atoms with E-state index in [0.29, 0.717) is 24.5 Å². The molecule has 0 unspecified atom stereocenters. The van der Waals surface area contributed by atoms with E-state index in [1.807, 2.05) is 4.68 Å². The Morgan fingerprint density at radius 3 is 2.68 bits per heavy atom. The Bertz CT molecular complexity index is 628. The van der Waals surface area contributed by atoms with Crippen LogP contribution in [-0.4, -0.2) is 45.0 Å². The summed E-state index contributed by atoms with van der Waals surface area (Å²) in [7, 11) is 0. The van der Waals surface area contributed by atoms with Crippen molar-refractivity contribution >= 4 is 5.91 Å². The normalized spacial score (nSPS) is 32.8. The van der Waals surface area contributed by atoms with Gasteiger partial charge in [0.25, 0.3) is 0 Å². The topological polar surface area (TPSA) is 60.3 Å². The molecule has 1 aliphatic carbocycles. The van der Waals surface area contributed by atoms with Gasteiger partial charge in [0, 0.05) is 19.0 Å². The Hall–Kier alpha value is -1.43. The van der Waals surface area contributed by atoms with Crippen molar-refractivity contribution < 1.29 is 9.53 Å². The van der Waals surface area contributed by atoms with Crippen molar-refractivity contribution in [3.8, 4) is 0 Å². The van der Waals surface area contributed by atoms with Crippen molar-refractivity contribution in [2.24, 2.45) is 17.3 Å². The maximum Gasteiger partial charge on any atom is 0.225 e. The number of carbonyl (C=O) groups is 1. The Labute approximate surface area is 149 Å². The number of hydrogen-bond acceptors (Lipinski definition) is 4. The number of nitrogens with zero attached hydrogens (tertiary/aromatic N) is 4. The molecule has 2 atom stereocenters. The molecule has 0 spiro atoms. The molecule has 1 aromatic heterocycles. The highest BCUT2D eigenvalue weighted by molar-refractivity contribution is 5.79. The van der Waals surface area contributed by atoms with Crippen LogP contribution < -0.4 is 0 Å². The molecule has 0 bridgehead atoms. The second kappa shape index (κ2) is 6.38. The fourth-order valence-electron chi connectivity index (χ4n) is 4.84. The van der Waals surface area contributed by atoms with Gasteiger partial charge in [0.1, 0.15) is 0 Å². The van der Waals surface area contributed by atoms with Crippen molar-refractivity contribution in [1.29, 1.82) is 0 Å². The first-order valence-electron chi connectivity index (χ1n) is 9.73. The largest absolute Gasteiger partial charge is 0.370 e. The number of amides is 1. The molecule has 6 heteroatoms. The monoisotopic (exact) mass is 346 g/mol. The van der Waals surface area contributed by atoms with Crippen LogP contribution in [0.3, 0.4) is 0 Å². The summed E-state index contributed by atoms with van der Waals surface area (Å²) >= 11 is 0. The lowest BCUT2D eigenvalue weighted by Crippen LogP contribution is -2.51. The molecule has 25 heavy (non-hydrogen) atoms. The summed E-state index contributed by atoms with van der Waals surface area (Å²) in [4.78, 5) is 15.1. The summed E-state index contributed by atoms with van der Waals surface area (Å²) < 4.78 is 7.93. The summed E-state index contributed by atoms with van der Waals surface area (Å²) in [6.07, 6.45) is 7.26. The Morgan fingerprint density at radius 2 is 1.96 bits per heavy atom. The fraction of sp³-hybridized carbons (Fsp3) is 0.842. The molecule has 1 aromatic rings. The SMILES string of the molecule is CC(C)(C)C1CCC(C(=O)N2CC[C@@H]3OCc4cnnn4[C@H]3C2)CC1. The summed E-state index contributed by atoms with van der Waals surface area (Å²) in [6.45, 7) is 9.07. The second-order valence-electron chi connectivity index (χ2n) is 9.07. The van der Waals surface area contributed by atoms with Gasteiger partial charge in [-0.1, -0.05) is 26.0 Å². The number of likely N-dealkylation sites (tertiary alicyclic amines) is 1. The zero-order valence-electron chi connectivity index (χ0n) is 15.6. The van der Waals surface area contributed by atoms with Crippen LogP contribution in [0, 0.1) is 17.3 Å². The van der Waals surface area contributed by atoms with Crippen molar-refractivity contribution in [1.82, 2.24) is 19.9 Å². The van der Waals surface area contributed by atoms with E-state index in [-0.39, 0.29) is 18.1 Å². The van der Waals surface area contributed by atoms with Crippen LogP contribution in [0.4, 0.5) is 0 Å². The third-order valence-electron chi connectivity index (χ3n) is 6.54. The molecule has 138 valence electrons. The minimum Gasteiger partial charge on any atom is -0.370 e. The molecular formula is C19H30N4O2. The predicted molar refractivity (Wildman–Crippen MR) is 93.7 cm³/mol. The molecular weight excluding hydrogens is 316 g/mol. The lowest BCUT2D eigenvalue weighted by Gasteiger charge is -2.43. The molecule has 2 aliphatic heterocycles. The van der Waals surface area contributed by atoms with E-state index in [9.17, 15) is 4.79 Å². The van der Waals surface area contributed by atoms with E-state index < -0.39 is 0 Å². The molecule has 1 amide bonds. The number of hydrogen-bond donors (Lipinski definition) is 0. The average Bonchev–Trinajstić information content (AvgIpc) is 3.09. The molecule has 0 N–H and O–H groups in total. The summed E-state index contributed by atoms with van der Waals surface area (Å²) in [5, 5.41) is 8.25. The number of aromatic nitrogens is 3. The molecule has 3 heterocycles. The van der Waals surface area contributed by atoms with E-state index in [4.69, 9.17) is 4.74 Å². The summed E-state index contributed by atoms with van der Waals surface area (Å²) in [6, 6.07) is 0.120. The van der Waals surface area contributed by atoms with Crippen LogP contribution in [0.1, 0.15) is 64.6 Å². The zero-order valence-corrected chi connectivity index (χ0v) is 15.6. The van der Waals surface area contributed by atoms with Crippen LogP contribution in [0.25, 0.3) is 0 Å². The number of fused-ring (bicyclic) bond motifs is 3. The van der Waals surface area contributed by atoms with Gasteiger partial charge in [-0.3, -0.25) is 4.79 Å². The molecule has 4 rings (SSSR count). The molecule has 1 saturated heterocycles. The van der Waals surface area contributed by atoms with Crippen LogP contribution >= 0.6 is 0 Å². The molecule has 6 nitrogen and oxygen atoms in total. The third kappa shape index (κ3) is 3.21. The molecule has 2 fully saturated rings. The highest BCUT2D eigenvalue weighted by Crippen LogP contribution is 2.41. The minimum atomic E-state index is 0.120. The van der Waals surface area contributed by atoms with Gasteiger partial charge in [0.15, 0.2) is 0 Å². The maximum atomic E-state index is 13.1. The third-order valence-corrected chi connectivity index (χ3v) is 6.54. The number of piperidine rings is 1. The van der Waals surface area contributed by atoms with Gasteiger partial charge in [-0.2, -0.15) is 0 Å². The van der Waals surface area contributed by atoms with Crippen LogP contribution in [0.2, 0.25) is 0 Å². The van der Waals surface area contributed by atoms with Gasteiger partial charge in [-0.15, -0.1) is 5.10 Å². The first-order valence-corrected chi connectivity index (χ1v) is 9.73. The molecule has 1 saturated carbocycles. The summed E-state index contributed by atoms with van der Waals surface area (Å²) in [5.41, 5.74) is 1.37. The zero-order chi connectivity index (χ0) is 17.6. The Balaban J connectivity index is 1.40. The van der Waals surface area contributed by atoms with Gasteiger partial charge < -0.3 is 9.64 Å². The molecule has 3 aliphatic rings. The summed E-state index contributed by atoms with van der Waals surface area (Å²) in [5.74, 6) is 1.29. The van der Waals surface area contributed by atoms with E-state index in [1.54, 1.807) is 6.20 Å². The first kappa shape index (κ1) is 17.0. The van der Waals surface area contributed by atoms with Gasteiger partial charge in [-0.25, -0.2) is 4.68 Å². The van der Waals surface area contributed by atoms with E-state index in [0.717, 1.165) is 37.4 Å². The number of ether oxygens (including phenoxy) is 1. The van der Waals surface area contributed by atoms with Gasteiger partial charge in [-0.05, 0) is 43.4 Å². The lowest BCUT2D eigenvalue weighted by atomic mass is 9.69. The van der Waals surface area contributed by atoms with Crippen LogP contribution in [0.5, 0.6) is 0 Å². The molecule has 0 radical (unpaired) electrons. The molecule has 0 aromatic carbocycles. The first-order chi connectivity index (χ1) is 11.9. The van der Waals surface area contributed by atoms with Crippen molar-refractivity contribution in [2.45, 2.75) is 71.6 Å². The fourth-order valence-corrected chi connectivity index (χ4v) is 4.84. The standard InChI is InChI=1S/C19H30N4O2/c1-19(2,3)14-6-4-13(5-7-14)18(24)22-9-8-17-16(11-22)23-15(12-25-17)10-20-21-23/h10,13-14,16-17H,4-9,11-12H2,1-3H3/t13?,14?,16-,17-/m0/s1. The second-order valence-corrected chi connectivity index (χ2v) is 9.07. The maximum absolute atomic E-state index is 13.1. The quantitative estimate of drug-likeness (QED) is 0.784. The highest BCUT2D eigenvalue weighted by Gasteiger charge is 2.40.